The van der Waals surface area contributed by atoms with Gasteiger partial charge >= 0.3 is 0 Å². The number of rotatable bonds is 6. The summed E-state index contributed by atoms with van der Waals surface area (Å²) in [5.41, 5.74) is 3.97. The Hall–Kier alpha value is -3.07. The average Bonchev–Trinajstić information content (AvgIpc) is 3.39. The number of aromatic nitrogens is 1. The maximum Gasteiger partial charge on any atom is 0.262 e. The molecule has 0 radical (unpaired) electrons. The molecule has 1 saturated heterocycles. The zero-order valence-electron chi connectivity index (χ0n) is 17.4. The van der Waals surface area contributed by atoms with E-state index in [1.54, 1.807) is 6.08 Å². The van der Waals surface area contributed by atoms with Crippen LogP contribution in [0.25, 0.3) is 17.0 Å². The molecule has 4 rings (SSSR count). The van der Waals surface area contributed by atoms with E-state index in [-0.39, 0.29) is 17.6 Å². The van der Waals surface area contributed by atoms with Gasteiger partial charge in [0.1, 0.15) is 11.6 Å². The number of fused-ring (bicyclic) bond motifs is 1. The molecule has 31 heavy (non-hydrogen) atoms. The maximum absolute atomic E-state index is 12.6. The molecule has 1 fully saturated rings. The molecule has 0 bridgehead atoms. The van der Waals surface area contributed by atoms with Gasteiger partial charge in [-0.25, -0.2) is 0 Å². The smallest absolute Gasteiger partial charge is 0.262 e. The second-order valence-electron chi connectivity index (χ2n) is 7.71. The van der Waals surface area contributed by atoms with Crippen LogP contribution in [-0.4, -0.2) is 29.7 Å². The van der Waals surface area contributed by atoms with E-state index in [1.807, 2.05) is 55.5 Å². The number of hydrogen-bond donors (Lipinski definition) is 1. The van der Waals surface area contributed by atoms with Crippen molar-refractivity contribution in [1.82, 2.24) is 9.88 Å². The Balaban J connectivity index is 1.68. The first-order valence-electron chi connectivity index (χ1n) is 10.4. The molecular weight excluding hydrogens is 410 g/mol. The number of halogens is 1. The zero-order valence-corrected chi connectivity index (χ0v) is 18.2. The van der Waals surface area contributed by atoms with Crippen LogP contribution in [0, 0.1) is 18.3 Å². The minimum absolute atomic E-state index is 0.0307. The van der Waals surface area contributed by atoms with Crippen LogP contribution in [0.3, 0.4) is 0 Å². The molecule has 1 amide bonds. The lowest BCUT2D eigenvalue weighted by Gasteiger charge is -2.11. The van der Waals surface area contributed by atoms with Crippen LogP contribution in [0.1, 0.15) is 29.7 Å². The molecule has 1 aromatic heterocycles. The number of nitrogens with zero attached hydrogens (tertiary/aromatic N) is 2. The van der Waals surface area contributed by atoms with Crippen LogP contribution >= 0.6 is 11.6 Å². The third kappa shape index (κ3) is 4.51. The Kier molecular flexibility index (Phi) is 6.41. The van der Waals surface area contributed by atoms with Gasteiger partial charge in [0.05, 0.1) is 6.10 Å². The summed E-state index contributed by atoms with van der Waals surface area (Å²) >= 11 is 6.39. The molecule has 0 saturated carbocycles. The van der Waals surface area contributed by atoms with Crippen LogP contribution < -0.4 is 5.32 Å². The molecule has 2 heterocycles. The number of benzene rings is 2. The summed E-state index contributed by atoms with van der Waals surface area (Å²) in [4.78, 5) is 12.6. The molecule has 158 valence electrons. The van der Waals surface area contributed by atoms with Gasteiger partial charge in [0.15, 0.2) is 0 Å². The second-order valence-corrected chi connectivity index (χ2v) is 8.12. The van der Waals surface area contributed by atoms with Crippen molar-refractivity contribution in [1.29, 1.82) is 5.26 Å². The number of nitrogens with one attached hydrogen (secondary N) is 1. The highest BCUT2D eigenvalue weighted by Gasteiger charge is 2.19. The molecule has 1 aliphatic heterocycles. The molecular formula is C25H24ClN3O2. The fraction of sp³-hybridized carbons (Fsp3) is 0.280. The minimum atomic E-state index is -0.375. The molecule has 1 aliphatic rings. The summed E-state index contributed by atoms with van der Waals surface area (Å²) in [5, 5.41) is 14.2. The van der Waals surface area contributed by atoms with Crippen molar-refractivity contribution in [3.63, 3.8) is 0 Å². The van der Waals surface area contributed by atoms with E-state index < -0.39 is 0 Å². The first-order chi connectivity index (χ1) is 15.1. The van der Waals surface area contributed by atoms with Crippen LogP contribution in [-0.2, 0) is 16.1 Å². The lowest BCUT2D eigenvalue weighted by molar-refractivity contribution is -0.117. The molecule has 0 aliphatic carbocycles. The first kappa shape index (κ1) is 21.2. The number of hydrogen-bond acceptors (Lipinski definition) is 3. The van der Waals surface area contributed by atoms with E-state index in [0.717, 1.165) is 47.2 Å². The summed E-state index contributed by atoms with van der Waals surface area (Å²) in [6.45, 7) is 3.76. The summed E-state index contributed by atoms with van der Waals surface area (Å²) in [6.07, 6.45) is 3.65. The molecule has 1 atom stereocenters. The fourth-order valence-corrected chi connectivity index (χ4v) is 4.24. The number of nitriles is 1. The van der Waals surface area contributed by atoms with Crippen molar-refractivity contribution in [3.05, 3.63) is 75.9 Å². The monoisotopic (exact) mass is 433 g/mol. The fourth-order valence-electron chi connectivity index (χ4n) is 4.04. The van der Waals surface area contributed by atoms with Crippen molar-refractivity contribution in [2.75, 3.05) is 13.2 Å². The van der Waals surface area contributed by atoms with Crippen molar-refractivity contribution >= 4 is 34.5 Å². The van der Waals surface area contributed by atoms with E-state index in [4.69, 9.17) is 16.3 Å². The standard InChI is InChI=1S/C25H24ClN3O2/c1-17-22(13-19(14-27)25(30)28-15-20-8-6-12-31-20)21-9-3-5-11-24(21)29(17)16-18-7-2-4-10-23(18)26/h2-5,7,9-11,13,20H,6,8,12,15-16H2,1H3,(H,28,30)/b19-13-. The number of ether oxygens (including phenoxy) is 1. The molecule has 0 spiro atoms. The topological polar surface area (TPSA) is 67.1 Å². The predicted molar refractivity (Wildman–Crippen MR) is 123 cm³/mol. The highest BCUT2D eigenvalue weighted by molar-refractivity contribution is 6.31. The van der Waals surface area contributed by atoms with Crippen molar-refractivity contribution in [3.8, 4) is 6.07 Å². The Morgan fingerprint density at radius 2 is 2.06 bits per heavy atom. The lowest BCUT2D eigenvalue weighted by Crippen LogP contribution is -2.32. The Bertz CT molecular complexity index is 1180. The third-order valence-corrected chi connectivity index (χ3v) is 6.10. The second kappa shape index (κ2) is 9.38. The molecule has 1 unspecified atom stereocenters. The van der Waals surface area contributed by atoms with Gasteiger partial charge in [-0.15, -0.1) is 0 Å². The molecule has 1 N–H and O–H groups in total. The van der Waals surface area contributed by atoms with E-state index >= 15 is 0 Å². The van der Waals surface area contributed by atoms with Crippen LogP contribution in [0.4, 0.5) is 0 Å². The van der Waals surface area contributed by atoms with Gasteiger partial charge in [0, 0.05) is 46.9 Å². The quantitative estimate of drug-likeness (QED) is 0.446. The van der Waals surface area contributed by atoms with E-state index in [0.29, 0.717) is 18.1 Å². The molecule has 2 aromatic carbocycles. The van der Waals surface area contributed by atoms with Gasteiger partial charge in [-0.2, -0.15) is 5.26 Å². The van der Waals surface area contributed by atoms with Crippen molar-refractivity contribution < 1.29 is 9.53 Å². The molecule has 5 nitrogen and oxygen atoms in total. The van der Waals surface area contributed by atoms with Gasteiger partial charge in [0.2, 0.25) is 0 Å². The third-order valence-electron chi connectivity index (χ3n) is 5.73. The average molecular weight is 434 g/mol. The van der Waals surface area contributed by atoms with E-state index in [2.05, 4.69) is 16.0 Å². The predicted octanol–water partition coefficient (Wildman–Crippen LogP) is 4.85. The number of amides is 1. The van der Waals surface area contributed by atoms with Gasteiger partial charge in [-0.3, -0.25) is 4.79 Å². The van der Waals surface area contributed by atoms with Crippen LogP contribution in [0.5, 0.6) is 0 Å². The van der Waals surface area contributed by atoms with E-state index in [9.17, 15) is 10.1 Å². The van der Waals surface area contributed by atoms with Crippen molar-refractivity contribution in [2.45, 2.75) is 32.4 Å². The normalized spacial score (nSPS) is 16.4. The summed E-state index contributed by atoms with van der Waals surface area (Å²) in [7, 11) is 0. The molecule has 3 aromatic rings. The maximum atomic E-state index is 12.6. The highest BCUT2D eigenvalue weighted by atomic mass is 35.5. The van der Waals surface area contributed by atoms with Gasteiger partial charge in [0.25, 0.3) is 5.91 Å². The minimum Gasteiger partial charge on any atom is -0.376 e. The number of carbonyl (C=O) groups is 1. The first-order valence-corrected chi connectivity index (χ1v) is 10.8. The summed E-state index contributed by atoms with van der Waals surface area (Å²) in [6, 6.07) is 17.8. The van der Waals surface area contributed by atoms with E-state index in [1.165, 1.54) is 0 Å². The lowest BCUT2D eigenvalue weighted by atomic mass is 10.1. The van der Waals surface area contributed by atoms with Crippen molar-refractivity contribution in [2.24, 2.45) is 0 Å². The summed E-state index contributed by atoms with van der Waals surface area (Å²) in [5.74, 6) is -0.375. The Morgan fingerprint density at radius 1 is 1.29 bits per heavy atom. The van der Waals surface area contributed by atoms with Gasteiger partial charge < -0.3 is 14.6 Å². The Morgan fingerprint density at radius 3 is 2.81 bits per heavy atom. The highest BCUT2D eigenvalue weighted by Crippen LogP contribution is 2.30. The summed E-state index contributed by atoms with van der Waals surface area (Å²) < 4.78 is 7.72. The van der Waals surface area contributed by atoms with Gasteiger partial charge in [-0.05, 0) is 43.5 Å². The number of para-hydroxylation sites is 1. The van der Waals surface area contributed by atoms with Crippen LogP contribution in [0.15, 0.2) is 54.1 Å². The Labute approximate surface area is 186 Å². The zero-order chi connectivity index (χ0) is 21.8. The molecule has 6 heteroatoms. The largest absolute Gasteiger partial charge is 0.376 e. The SMILES string of the molecule is Cc1c(/C=C(/C#N)C(=O)NCC2CCCO2)c2ccccc2n1Cc1ccccc1Cl. The number of carbonyl (C=O) groups excluding carboxylic acids is 1. The van der Waals surface area contributed by atoms with Crippen LogP contribution in [0.2, 0.25) is 5.02 Å². The van der Waals surface area contributed by atoms with Gasteiger partial charge in [-0.1, -0.05) is 48.0 Å².